The monoisotopic (exact) mass is 328 g/mol. The number of carbonyl (C=O) groups is 2. The van der Waals surface area contributed by atoms with Crippen LogP contribution in [0.3, 0.4) is 0 Å². The first kappa shape index (κ1) is 12.0. The average molecular weight is 330 g/mol. The van der Waals surface area contributed by atoms with E-state index in [9.17, 15) is 9.59 Å². The van der Waals surface area contributed by atoms with Crippen LogP contribution in [0.15, 0.2) is 22.7 Å². The first-order valence-corrected chi connectivity index (χ1v) is 6.84. The third kappa shape index (κ3) is 1.91. The maximum atomic E-state index is 12.2. The number of nitrogens with zero attached hydrogens (tertiary/aromatic N) is 1. The van der Waals surface area contributed by atoms with E-state index in [-0.39, 0.29) is 18.0 Å². The summed E-state index contributed by atoms with van der Waals surface area (Å²) in [5.74, 6) is 0.123. The number of hydrogen-bond acceptors (Lipinski definition) is 2. The number of halogens is 2. The molecule has 18 heavy (non-hydrogen) atoms. The zero-order chi connectivity index (χ0) is 12.9. The number of hydrogen-bond donors (Lipinski definition) is 1. The number of benzene rings is 1. The number of imide groups is 1. The van der Waals surface area contributed by atoms with Crippen molar-refractivity contribution in [3.8, 4) is 0 Å². The second-order valence-corrected chi connectivity index (χ2v) is 5.80. The van der Waals surface area contributed by atoms with Gasteiger partial charge in [-0.15, -0.1) is 0 Å². The molecular weight excluding hydrogens is 320 g/mol. The van der Waals surface area contributed by atoms with Gasteiger partial charge in [-0.25, -0.2) is 9.69 Å². The lowest BCUT2D eigenvalue weighted by atomic mass is 10.2. The Hall–Kier alpha value is -1.07. The summed E-state index contributed by atoms with van der Waals surface area (Å²) in [5, 5.41) is 3.21. The Kier molecular flexibility index (Phi) is 2.83. The molecule has 1 aromatic rings. The minimum atomic E-state index is -0.365. The SMILES string of the molecule is O=C1NC(C2CC2)C(=O)N1c1ccc(Br)c(Cl)c1. The van der Waals surface area contributed by atoms with Crippen LogP contribution >= 0.6 is 27.5 Å². The van der Waals surface area contributed by atoms with Crippen LogP contribution in [0.2, 0.25) is 5.02 Å². The molecule has 3 amide bonds. The molecule has 1 unspecified atom stereocenters. The van der Waals surface area contributed by atoms with Crippen molar-refractivity contribution in [3.63, 3.8) is 0 Å². The molecule has 6 heteroatoms. The van der Waals surface area contributed by atoms with Gasteiger partial charge in [0.25, 0.3) is 5.91 Å². The van der Waals surface area contributed by atoms with Crippen LogP contribution in [0.25, 0.3) is 0 Å². The van der Waals surface area contributed by atoms with E-state index in [1.807, 2.05) is 0 Å². The van der Waals surface area contributed by atoms with Crippen molar-refractivity contribution in [1.29, 1.82) is 0 Å². The summed E-state index contributed by atoms with van der Waals surface area (Å²) >= 11 is 9.26. The third-order valence-corrected chi connectivity index (χ3v) is 4.46. The molecule has 1 saturated carbocycles. The number of nitrogens with one attached hydrogen (secondary N) is 1. The highest BCUT2D eigenvalue weighted by Gasteiger charge is 2.46. The van der Waals surface area contributed by atoms with E-state index in [1.54, 1.807) is 18.2 Å². The van der Waals surface area contributed by atoms with Gasteiger partial charge < -0.3 is 5.32 Å². The quantitative estimate of drug-likeness (QED) is 0.848. The molecule has 1 saturated heterocycles. The molecule has 0 bridgehead atoms. The largest absolute Gasteiger partial charge is 0.329 e. The second kappa shape index (κ2) is 4.24. The molecule has 0 spiro atoms. The Labute approximate surface area is 117 Å². The van der Waals surface area contributed by atoms with Gasteiger partial charge in [0.1, 0.15) is 6.04 Å². The van der Waals surface area contributed by atoms with Gasteiger partial charge in [-0.2, -0.15) is 0 Å². The standard InChI is InChI=1S/C12H10BrClN2O2/c13-8-4-3-7(5-9(8)14)16-11(17)10(6-1-2-6)15-12(16)18/h3-6,10H,1-2H2,(H,15,18). The summed E-state index contributed by atoms with van der Waals surface area (Å²) in [4.78, 5) is 25.2. The Morgan fingerprint density at radius 2 is 2.06 bits per heavy atom. The number of rotatable bonds is 2. The highest BCUT2D eigenvalue weighted by Crippen LogP contribution is 2.37. The molecular formula is C12H10BrClN2O2. The highest BCUT2D eigenvalue weighted by atomic mass is 79.9. The van der Waals surface area contributed by atoms with Gasteiger partial charge in [0.2, 0.25) is 0 Å². The Bertz CT molecular complexity index is 545. The highest BCUT2D eigenvalue weighted by molar-refractivity contribution is 9.10. The van der Waals surface area contributed by atoms with E-state index in [1.165, 1.54) is 4.90 Å². The van der Waals surface area contributed by atoms with Crippen molar-refractivity contribution >= 4 is 45.2 Å². The second-order valence-electron chi connectivity index (χ2n) is 4.54. The lowest BCUT2D eigenvalue weighted by molar-refractivity contribution is -0.118. The predicted molar refractivity (Wildman–Crippen MR) is 71.7 cm³/mol. The number of urea groups is 1. The number of carbonyl (C=O) groups excluding carboxylic acids is 2. The van der Waals surface area contributed by atoms with Crippen molar-refractivity contribution in [2.45, 2.75) is 18.9 Å². The fourth-order valence-electron chi connectivity index (χ4n) is 2.12. The lowest BCUT2D eigenvalue weighted by Gasteiger charge is -2.13. The Morgan fingerprint density at radius 1 is 1.33 bits per heavy atom. The molecule has 3 rings (SSSR count). The van der Waals surface area contributed by atoms with E-state index in [0.717, 1.165) is 17.3 Å². The van der Waals surface area contributed by atoms with Crippen LogP contribution in [-0.4, -0.2) is 18.0 Å². The fraction of sp³-hybridized carbons (Fsp3) is 0.333. The lowest BCUT2D eigenvalue weighted by Crippen LogP contribution is -2.32. The van der Waals surface area contributed by atoms with Crippen molar-refractivity contribution in [2.75, 3.05) is 4.90 Å². The van der Waals surface area contributed by atoms with Gasteiger partial charge in [0, 0.05) is 4.47 Å². The smallest absolute Gasteiger partial charge is 0.325 e. The molecule has 0 radical (unpaired) electrons. The van der Waals surface area contributed by atoms with Crippen LogP contribution in [0.4, 0.5) is 10.5 Å². The summed E-state index contributed by atoms with van der Waals surface area (Å²) in [6.07, 6.45) is 2.01. The molecule has 1 atom stereocenters. The Balaban J connectivity index is 1.93. The minimum Gasteiger partial charge on any atom is -0.325 e. The predicted octanol–water partition coefficient (Wildman–Crippen LogP) is 2.94. The summed E-state index contributed by atoms with van der Waals surface area (Å²) < 4.78 is 0.735. The fourth-order valence-corrected chi connectivity index (χ4v) is 2.54. The summed E-state index contributed by atoms with van der Waals surface area (Å²) in [5.41, 5.74) is 0.508. The van der Waals surface area contributed by atoms with Crippen molar-refractivity contribution < 1.29 is 9.59 Å². The molecule has 1 aliphatic carbocycles. The zero-order valence-electron chi connectivity index (χ0n) is 9.32. The maximum absolute atomic E-state index is 12.2. The third-order valence-electron chi connectivity index (χ3n) is 3.22. The van der Waals surface area contributed by atoms with Gasteiger partial charge in [0.15, 0.2) is 0 Å². The van der Waals surface area contributed by atoms with Gasteiger partial charge in [-0.1, -0.05) is 11.6 Å². The minimum absolute atomic E-state index is 0.180. The number of amides is 3. The first-order chi connectivity index (χ1) is 8.58. The molecule has 1 N–H and O–H groups in total. The summed E-state index contributed by atoms with van der Waals surface area (Å²) in [6.45, 7) is 0. The zero-order valence-corrected chi connectivity index (χ0v) is 11.7. The Morgan fingerprint density at radius 3 is 2.67 bits per heavy atom. The van der Waals surface area contributed by atoms with Crippen LogP contribution in [0.1, 0.15) is 12.8 Å². The van der Waals surface area contributed by atoms with Crippen molar-refractivity contribution in [3.05, 3.63) is 27.7 Å². The van der Waals surface area contributed by atoms with E-state index < -0.39 is 0 Å². The molecule has 4 nitrogen and oxygen atoms in total. The van der Waals surface area contributed by atoms with Gasteiger partial charge >= 0.3 is 6.03 Å². The molecule has 2 fully saturated rings. The maximum Gasteiger partial charge on any atom is 0.329 e. The summed E-state index contributed by atoms with van der Waals surface area (Å²) in [6, 6.07) is 4.30. The molecule has 1 aromatic carbocycles. The van der Waals surface area contributed by atoms with E-state index >= 15 is 0 Å². The van der Waals surface area contributed by atoms with Crippen LogP contribution in [-0.2, 0) is 4.79 Å². The van der Waals surface area contributed by atoms with E-state index in [4.69, 9.17) is 11.6 Å². The summed E-state index contributed by atoms with van der Waals surface area (Å²) in [7, 11) is 0. The molecule has 1 aliphatic heterocycles. The van der Waals surface area contributed by atoms with Crippen molar-refractivity contribution in [2.24, 2.45) is 5.92 Å². The molecule has 0 aromatic heterocycles. The van der Waals surface area contributed by atoms with Crippen molar-refractivity contribution in [1.82, 2.24) is 5.32 Å². The molecule has 2 aliphatic rings. The van der Waals surface area contributed by atoms with Crippen LogP contribution < -0.4 is 10.2 Å². The van der Waals surface area contributed by atoms with E-state index in [2.05, 4.69) is 21.2 Å². The topological polar surface area (TPSA) is 49.4 Å². The average Bonchev–Trinajstić information content (AvgIpc) is 3.11. The van der Waals surface area contributed by atoms with Gasteiger partial charge in [-0.3, -0.25) is 4.79 Å². The number of anilines is 1. The molecule has 94 valence electrons. The van der Waals surface area contributed by atoms with Gasteiger partial charge in [0.05, 0.1) is 10.7 Å². The normalized spacial score (nSPS) is 23.4. The molecule has 1 heterocycles. The first-order valence-electron chi connectivity index (χ1n) is 5.67. The van der Waals surface area contributed by atoms with E-state index in [0.29, 0.717) is 16.6 Å². The van der Waals surface area contributed by atoms with Crippen LogP contribution in [0.5, 0.6) is 0 Å². The van der Waals surface area contributed by atoms with Crippen LogP contribution in [0, 0.1) is 5.92 Å². The van der Waals surface area contributed by atoms with Gasteiger partial charge in [-0.05, 0) is 52.9 Å².